The Bertz CT molecular complexity index is 661. The van der Waals surface area contributed by atoms with Crippen LogP contribution in [0.25, 0.3) is 0 Å². The van der Waals surface area contributed by atoms with Crippen molar-refractivity contribution in [1.29, 1.82) is 0 Å². The van der Waals surface area contributed by atoms with Gasteiger partial charge in [-0.2, -0.15) is 0 Å². The van der Waals surface area contributed by atoms with Gasteiger partial charge in [0, 0.05) is 0 Å². The standard InChI is InChI=1S/C13H16N2O2.C4H6O6/c1-2-3-9-11-12(16)14-15(13(11)17)10-7-5-4-6-8-10;5-1(3(7)8)2(6)4(9)10/h4-8,11H,2-3,9H2,1H3,(H,14,16);1-2,5-6H,(H,7,8)(H,9,10). The van der Waals surface area contributed by atoms with Gasteiger partial charge in [-0.05, 0) is 18.6 Å². The zero-order valence-corrected chi connectivity index (χ0v) is 14.6. The van der Waals surface area contributed by atoms with E-state index < -0.39 is 30.1 Å². The maximum Gasteiger partial charge on any atom is 0.335 e. The van der Waals surface area contributed by atoms with E-state index in [4.69, 9.17) is 20.4 Å². The first-order valence-electron chi connectivity index (χ1n) is 8.22. The quantitative estimate of drug-likeness (QED) is 0.403. The van der Waals surface area contributed by atoms with Gasteiger partial charge >= 0.3 is 11.9 Å². The van der Waals surface area contributed by atoms with Crippen LogP contribution in [0.4, 0.5) is 5.69 Å². The number of nitrogens with zero attached hydrogens (tertiary/aromatic N) is 1. The molecular weight excluding hydrogens is 360 g/mol. The van der Waals surface area contributed by atoms with Crippen LogP contribution < -0.4 is 10.4 Å². The van der Waals surface area contributed by atoms with E-state index in [-0.39, 0.29) is 11.8 Å². The first-order valence-corrected chi connectivity index (χ1v) is 8.22. The number of nitrogens with one attached hydrogen (secondary N) is 1. The lowest BCUT2D eigenvalue weighted by Crippen LogP contribution is -2.39. The summed E-state index contributed by atoms with van der Waals surface area (Å²) in [5.74, 6) is -4.39. The van der Waals surface area contributed by atoms with Crippen LogP contribution in [-0.4, -0.2) is 56.4 Å². The second kappa shape index (κ2) is 10.2. The molecule has 0 spiro atoms. The molecule has 0 aromatic heterocycles. The number of hydrazine groups is 1. The Morgan fingerprint density at radius 3 is 2.04 bits per heavy atom. The molecule has 2 rings (SSSR count). The minimum absolute atomic E-state index is 0.144. The fraction of sp³-hybridized carbons (Fsp3) is 0.412. The molecule has 1 heterocycles. The van der Waals surface area contributed by atoms with Gasteiger partial charge in [0.05, 0.1) is 5.69 Å². The summed E-state index contributed by atoms with van der Waals surface area (Å²) < 4.78 is 0. The smallest absolute Gasteiger partial charge is 0.335 e. The number of carboxylic acid groups (broad SMARTS) is 2. The van der Waals surface area contributed by atoms with Crippen LogP contribution >= 0.6 is 0 Å². The number of unbranched alkanes of at least 4 members (excludes halogenated alkanes) is 1. The highest BCUT2D eigenvalue weighted by atomic mass is 16.4. The number of benzene rings is 1. The van der Waals surface area contributed by atoms with Gasteiger partial charge in [-0.3, -0.25) is 15.0 Å². The number of hydrogen-bond acceptors (Lipinski definition) is 6. The summed E-state index contributed by atoms with van der Waals surface area (Å²) in [4.78, 5) is 43.3. The number of carbonyl (C=O) groups is 4. The Balaban J connectivity index is 0.000000314. The third-order valence-corrected chi connectivity index (χ3v) is 3.72. The van der Waals surface area contributed by atoms with Crippen LogP contribution in [-0.2, 0) is 19.2 Å². The van der Waals surface area contributed by atoms with Gasteiger partial charge < -0.3 is 20.4 Å². The van der Waals surface area contributed by atoms with Crippen molar-refractivity contribution < 1.29 is 39.6 Å². The van der Waals surface area contributed by atoms with Gasteiger partial charge in [0.15, 0.2) is 12.2 Å². The van der Waals surface area contributed by atoms with Crippen molar-refractivity contribution in [2.24, 2.45) is 5.92 Å². The molecule has 10 heteroatoms. The molecule has 148 valence electrons. The molecule has 10 nitrogen and oxygen atoms in total. The molecular formula is C17H22N2O8. The van der Waals surface area contributed by atoms with Crippen molar-refractivity contribution in [2.75, 3.05) is 5.01 Å². The largest absolute Gasteiger partial charge is 0.479 e. The van der Waals surface area contributed by atoms with Crippen molar-refractivity contribution in [3.05, 3.63) is 30.3 Å². The highest BCUT2D eigenvalue weighted by Gasteiger charge is 2.39. The van der Waals surface area contributed by atoms with E-state index in [0.29, 0.717) is 12.1 Å². The zero-order chi connectivity index (χ0) is 20.6. The molecule has 5 N–H and O–H groups in total. The normalized spacial score (nSPS) is 18.2. The van der Waals surface area contributed by atoms with E-state index in [2.05, 4.69) is 5.43 Å². The summed E-state index contributed by atoms with van der Waals surface area (Å²) in [6.07, 6.45) is -2.02. The summed E-state index contributed by atoms with van der Waals surface area (Å²) in [5, 5.41) is 33.9. The number of aliphatic hydroxyl groups is 2. The van der Waals surface area contributed by atoms with Gasteiger partial charge in [-0.25, -0.2) is 14.6 Å². The van der Waals surface area contributed by atoms with E-state index >= 15 is 0 Å². The number of aliphatic hydroxyl groups excluding tert-OH is 2. The number of para-hydroxylation sites is 1. The minimum Gasteiger partial charge on any atom is -0.479 e. The molecule has 3 unspecified atom stereocenters. The van der Waals surface area contributed by atoms with E-state index in [1.54, 1.807) is 12.1 Å². The van der Waals surface area contributed by atoms with Gasteiger partial charge in [0.25, 0.3) is 11.8 Å². The van der Waals surface area contributed by atoms with Gasteiger partial charge in [0.1, 0.15) is 5.92 Å². The lowest BCUT2D eigenvalue weighted by molar-refractivity contribution is -0.165. The summed E-state index contributed by atoms with van der Waals surface area (Å²) in [5.41, 5.74) is 3.34. The molecule has 2 amide bonds. The third kappa shape index (κ3) is 6.04. The van der Waals surface area contributed by atoms with Crippen LogP contribution in [0.2, 0.25) is 0 Å². The molecule has 1 aliphatic rings. The molecule has 27 heavy (non-hydrogen) atoms. The SMILES string of the molecule is CCCCC1C(=O)NN(c2ccccc2)C1=O.O=C(O)C(O)C(O)C(=O)O. The Labute approximate surface area is 155 Å². The van der Waals surface area contributed by atoms with Crippen LogP contribution in [0.1, 0.15) is 26.2 Å². The lowest BCUT2D eigenvalue weighted by atomic mass is 10.0. The molecule has 0 radical (unpaired) electrons. The van der Waals surface area contributed by atoms with Gasteiger partial charge in [0.2, 0.25) is 0 Å². The maximum atomic E-state index is 12.1. The molecule has 0 saturated carbocycles. The molecule has 1 aromatic rings. The lowest BCUT2D eigenvalue weighted by Gasteiger charge is -2.14. The average molecular weight is 382 g/mol. The first-order chi connectivity index (χ1) is 12.7. The van der Waals surface area contributed by atoms with E-state index in [9.17, 15) is 19.2 Å². The monoisotopic (exact) mass is 382 g/mol. The topological polar surface area (TPSA) is 164 Å². The molecule has 1 aliphatic heterocycles. The van der Waals surface area contributed by atoms with E-state index in [1.165, 1.54) is 5.01 Å². The van der Waals surface area contributed by atoms with Gasteiger partial charge in [-0.1, -0.05) is 38.0 Å². The first kappa shape index (κ1) is 22.1. The Kier molecular flexibility index (Phi) is 8.36. The number of carboxylic acids is 2. The summed E-state index contributed by atoms with van der Waals surface area (Å²) in [6, 6.07) is 9.17. The molecule has 1 fully saturated rings. The number of rotatable bonds is 7. The number of aliphatic carboxylic acids is 2. The number of carbonyl (C=O) groups excluding carboxylic acids is 2. The fourth-order valence-electron chi connectivity index (χ4n) is 2.21. The van der Waals surface area contributed by atoms with Crippen molar-refractivity contribution in [1.82, 2.24) is 5.43 Å². The second-order valence-corrected chi connectivity index (χ2v) is 5.75. The van der Waals surface area contributed by atoms with E-state index in [1.807, 2.05) is 25.1 Å². The Morgan fingerprint density at radius 2 is 1.59 bits per heavy atom. The van der Waals surface area contributed by atoms with Crippen LogP contribution in [0.3, 0.4) is 0 Å². The van der Waals surface area contributed by atoms with E-state index in [0.717, 1.165) is 12.8 Å². The maximum absolute atomic E-state index is 12.1. The molecule has 1 aromatic carbocycles. The molecule has 1 saturated heterocycles. The molecule has 3 atom stereocenters. The van der Waals surface area contributed by atoms with Crippen molar-refractivity contribution in [3.63, 3.8) is 0 Å². The summed E-state index contributed by atoms with van der Waals surface area (Å²) in [7, 11) is 0. The van der Waals surface area contributed by atoms with Crippen molar-refractivity contribution in [2.45, 2.75) is 38.4 Å². The minimum atomic E-state index is -2.27. The zero-order valence-electron chi connectivity index (χ0n) is 14.6. The predicted octanol–water partition coefficient (Wildman–Crippen LogP) is -0.252. The average Bonchev–Trinajstić information content (AvgIpc) is 2.93. The highest BCUT2D eigenvalue weighted by Crippen LogP contribution is 2.22. The summed E-state index contributed by atoms with van der Waals surface area (Å²) in [6.45, 7) is 2.05. The van der Waals surface area contributed by atoms with Gasteiger partial charge in [-0.15, -0.1) is 0 Å². The molecule has 0 bridgehead atoms. The predicted molar refractivity (Wildman–Crippen MR) is 92.4 cm³/mol. The fourth-order valence-corrected chi connectivity index (χ4v) is 2.21. The van der Waals surface area contributed by atoms with Crippen molar-refractivity contribution in [3.8, 4) is 0 Å². The molecule has 0 aliphatic carbocycles. The van der Waals surface area contributed by atoms with Crippen LogP contribution in [0.15, 0.2) is 30.3 Å². The Morgan fingerprint density at radius 1 is 1.07 bits per heavy atom. The van der Waals surface area contributed by atoms with Crippen LogP contribution in [0, 0.1) is 5.92 Å². The van der Waals surface area contributed by atoms with Crippen molar-refractivity contribution >= 4 is 29.4 Å². The number of amides is 2. The second-order valence-electron chi connectivity index (χ2n) is 5.75. The third-order valence-electron chi connectivity index (χ3n) is 3.72. The number of anilines is 1. The van der Waals surface area contributed by atoms with Crippen LogP contribution in [0.5, 0.6) is 0 Å². The Hall–Kier alpha value is -2.98. The highest BCUT2D eigenvalue weighted by molar-refractivity contribution is 6.14. The summed E-state index contributed by atoms with van der Waals surface area (Å²) >= 11 is 0. The number of hydrogen-bond donors (Lipinski definition) is 5.